The lowest BCUT2D eigenvalue weighted by Crippen LogP contribution is -2.30. The molecule has 2 aromatic rings. The van der Waals surface area contributed by atoms with Crippen molar-refractivity contribution in [3.05, 3.63) is 47.0 Å². The summed E-state index contributed by atoms with van der Waals surface area (Å²) in [5, 5.41) is 2.73. The number of aromatic amines is 1. The molecule has 0 spiro atoms. The van der Waals surface area contributed by atoms with E-state index in [1.54, 1.807) is 4.90 Å². The molecule has 2 heterocycles. The van der Waals surface area contributed by atoms with Crippen LogP contribution in [-0.2, 0) is 0 Å². The van der Waals surface area contributed by atoms with Crippen molar-refractivity contribution in [2.24, 2.45) is 4.99 Å². The van der Waals surface area contributed by atoms with Gasteiger partial charge in [-0.15, -0.1) is 0 Å². The maximum Gasteiger partial charge on any atom is 0.382 e. The van der Waals surface area contributed by atoms with Gasteiger partial charge in [-0.05, 0) is 24.0 Å². The molecule has 90 valence electrons. The SMILES string of the molecule is CCN1C(=O)c2ccccc2C1=Nc1[nH+]ccs1. The molecule has 0 unspecified atom stereocenters. The maximum atomic E-state index is 12.2. The first kappa shape index (κ1) is 11.1. The Kier molecular flexibility index (Phi) is 2.68. The fourth-order valence-corrected chi connectivity index (χ4v) is 2.60. The minimum absolute atomic E-state index is 0.0309. The summed E-state index contributed by atoms with van der Waals surface area (Å²) in [4.78, 5) is 21.5. The Morgan fingerprint density at radius 2 is 2.11 bits per heavy atom. The van der Waals surface area contributed by atoms with Gasteiger partial charge in [0, 0.05) is 11.9 Å². The molecule has 4 nitrogen and oxygen atoms in total. The number of hydrogen-bond donors (Lipinski definition) is 0. The first-order chi connectivity index (χ1) is 8.81. The zero-order valence-corrected chi connectivity index (χ0v) is 10.7. The molecular weight excluding hydrogens is 246 g/mol. The molecule has 1 aliphatic rings. The highest BCUT2D eigenvalue weighted by molar-refractivity contribution is 7.12. The third-order valence-electron chi connectivity index (χ3n) is 2.88. The predicted molar refractivity (Wildman–Crippen MR) is 70.2 cm³/mol. The first-order valence-electron chi connectivity index (χ1n) is 5.76. The van der Waals surface area contributed by atoms with Crippen LogP contribution in [0.4, 0.5) is 5.13 Å². The second-order valence-corrected chi connectivity index (χ2v) is 4.80. The molecule has 1 amide bonds. The molecule has 0 saturated carbocycles. The molecule has 0 fully saturated rings. The molecule has 5 heteroatoms. The first-order valence-corrected chi connectivity index (χ1v) is 6.64. The van der Waals surface area contributed by atoms with Crippen molar-refractivity contribution in [2.45, 2.75) is 6.92 Å². The van der Waals surface area contributed by atoms with Crippen molar-refractivity contribution in [1.82, 2.24) is 4.90 Å². The third kappa shape index (κ3) is 1.64. The lowest BCUT2D eigenvalue weighted by Gasteiger charge is -2.09. The van der Waals surface area contributed by atoms with Crippen LogP contribution in [0.15, 0.2) is 40.8 Å². The van der Waals surface area contributed by atoms with Crippen molar-refractivity contribution in [3.63, 3.8) is 0 Å². The Hall–Kier alpha value is -2.01. The summed E-state index contributed by atoms with van der Waals surface area (Å²) >= 11 is 1.52. The zero-order chi connectivity index (χ0) is 12.5. The third-order valence-corrected chi connectivity index (χ3v) is 3.58. The van der Waals surface area contributed by atoms with E-state index in [1.807, 2.05) is 42.8 Å². The van der Waals surface area contributed by atoms with E-state index in [-0.39, 0.29) is 5.91 Å². The quantitative estimate of drug-likeness (QED) is 0.813. The molecule has 0 bridgehead atoms. The minimum atomic E-state index is 0.0309. The van der Waals surface area contributed by atoms with Gasteiger partial charge in [-0.3, -0.25) is 9.69 Å². The van der Waals surface area contributed by atoms with E-state index in [1.165, 1.54) is 11.3 Å². The molecule has 0 atom stereocenters. The maximum absolute atomic E-state index is 12.2. The van der Waals surface area contributed by atoms with Crippen molar-refractivity contribution in [1.29, 1.82) is 0 Å². The minimum Gasteiger partial charge on any atom is -0.271 e. The number of hydrogen-bond acceptors (Lipinski definition) is 3. The van der Waals surface area contributed by atoms with Gasteiger partial charge in [0.2, 0.25) is 0 Å². The normalized spacial score (nSPS) is 16.4. The van der Waals surface area contributed by atoms with Crippen LogP contribution < -0.4 is 4.98 Å². The lowest BCUT2D eigenvalue weighted by molar-refractivity contribution is -0.356. The number of benzene rings is 1. The van der Waals surface area contributed by atoms with Gasteiger partial charge >= 0.3 is 5.13 Å². The smallest absolute Gasteiger partial charge is 0.271 e. The fraction of sp³-hybridized carbons (Fsp3) is 0.154. The van der Waals surface area contributed by atoms with E-state index in [4.69, 9.17) is 0 Å². The van der Waals surface area contributed by atoms with Crippen LogP contribution in [0.3, 0.4) is 0 Å². The van der Waals surface area contributed by atoms with Crippen LogP contribution in [0, 0.1) is 0 Å². The van der Waals surface area contributed by atoms with E-state index in [9.17, 15) is 4.79 Å². The van der Waals surface area contributed by atoms with Crippen LogP contribution in [0.2, 0.25) is 0 Å². The van der Waals surface area contributed by atoms with Gasteiger partial charge in [-0.25, -0.2) is 4.98 Å². The van der Waals surface area contributed by atoms with E-state index in [0.717, 1.165) is 22.1 Å². The van der Waals surface area contributed by atoms with Gasteiger partial charge in [-0.2, -0.15) is 0 Å². The Balaban J connectivity index is 2.15. The second-order valence-electron chi connectivity index (χ2n) is 3.90. The number of aromatic nitrogens is 1. The second kappa shape index (κ2) is 4.34. The van der Waals surface area contributed by atoms with E-state index < -0.39 is 0 Å². The number of amides is 1. The largest absolute Gasteiger partial charge is 0.382 e. The summed E-state index contributed by atoms with van der Waals surface area (Å²) in [5.74, 6) is 0.764. The summed E-state index contributed by atoms with van der Waals surface area (Å²) in [6.07, 6.45) is 1.84. The van der Waals surface area contributed by atoms with Crippen molar-refractivity contribution in [3.8, 4) is 0 Å². The Morgan fingerprint density at radius 1 is 1.33 bits per heavy atom. The van der Waals surface area contributed by atoms with Crippen LogP contribution in [0.25, 0.3) is 0 Å². The molecule has 0 saturated heterocycles. The summed E-state index contributed by atoms with van der Waals surface area (Å²) in [5.41, 5.74) is 1.64. The van der Waals surface area contributed by atoms with Crippen LogP contribution in [0.5, 0.6) is 0 Å². The molecule has 3 rings (SSSR count). The Labute approximate surface area is 109 Å². The number of nitrogens with zero attached hydrogens (tertiary/aromatic N) is 2. The number of H-pyrrole nitrogens is 1. The lowest BCUT2D eigenvalue weighted by atomic mass is 10.1. The number of amidine groups is 1. The van der Waals surface area contributed by atoms with Gasteiger partial charge in [0.25, 0.3) is 11.7 Å². The van der Waals surface area contributed by atoms with Gasteiger partial charge in [0.15, 0.2) is 0 Å². The molecule has 1 aromatic heterocycles. The summed E-state index contributed by atoms with van der Waals surface area (Å²) in [6.45, 7) is 2.58. The summed E-state index contributed by atoms with van der Waals surface area (Å²) in [6, 6.07) is 7.60. The standard InChI is InChI=1S/C13H11N3OS/c1-2-16-11(15-13-14-7-8-18-13)9-5-3-4-6-10(9)12(16)17/h3-8H,2H2,1H3/p+1. The number of thiazole rings is 1. The van der Waals surface area contributed by atoms with Crippen molar-refractivity contribution >= 4 is 28.2 Å². The van der Waals surface area contributed by atoms with Crippen molar-refractivity contribution in [2.75, 3.05) is 6.54 Å². The molecule has 1 aromatic carbocycles. The Morgan fingerprint density at radius 3 is 2.78 bits per heavy atom. The molecule has 1 aliphatic heterocycles. The molecule has 0 radical (unpaired) electrons. The molecule has 1 N–H and O–H groups in total. The van der Waals surface area contributed by atoms with Gasteiger partial charge in [0.1, 0.15) is 0 Å². The topological polar surface area (TPSA) is 46.8 Å². The highest BCUT2D eigenvalue weighted by atomic mass is 32.1. The van der Waals surface area contributed by atoms with Gasteiger partial charge < -0.3 is 0 Å². The Bertz CT molecular complexity index is 619. The monoisotopic (exact) mass is 258 g/mol. The zero-order valence-electron chi connectivity index (χ0n) is 9.88. The van der Waals surface area contributed by atoms with E-state index >= 15 is 0 Å². The number of carbonyl (C=O) groups is 1. The van der Waals surface area contributed by atoms with E-state index in [2.05, 4.69) is 9.98 Å². The number of nitrogens with one attached hydrogen (secondary N) is 1. The van der Waals surface area contributed by atoms with Gasteiger partial charge in [-0.1, -0.05) is 23.5 Å². The van der Waals surface area contributed by atoms with Gasteiger partial charge in [0.05, 0.1) is 17.3 Å². The highest BCUT2D eigenvalue weighted by Crippen LogP contribution is 2.25. The van der Waals surface area contributed by atoms with Crippen LogP contribution in [0.1, 0.15) is 22.8 Å². The number of carbonyl (C=O) groups excluding carboxylic acids is 1. The molecule has 18 heavy (non-hydrogen) atoms. The predicted octanol–water partition coefficient (Wildman–Crippen LogP) is 2.12. The number of rotatable bonds is 2. The molecule has 0 aliphatic carbocycles. The number of aliphatic imine (C=N–C) groups is 1. The molecular formula is C13H12N3OS+. The summed E-state index contributed by atoms with van der Waals surface area (Å²) in [7, 11) is 0. The average molecular weight is 258 g/mol. The van der Waals surface area contributed by atoms with Crippen LogP contribution >= 0.6 is 11.3 Å². The average Bonchev–Trinajstić information content (AvgIpc) is 2.99. The summed E-state index contributed by atoms with van der Waals surface area (Å²) < 4.78 is 0. The van der Waals surface area contributed by atoms with E-state index in [0.29, 0.717) is 6.54 Å². The number of fused-ring (bicyclic) bond motifs is 1. The van der Waals surface area contributed by atoms with Crippen LogP contribution in [-0.4, -0.2) is 23.2 Å². The highest BCUT2D eigenvalue weighted by Gasteiger charge is 2.36. The van der Waals surface area contributed by atoms with Crippen molar-refractivity contribution < 1.29 is 9.78 Å². The fourth-order valence-electron chi connectivity index (χ4n) is 2.06.